The second kappa shape index (κ2) is 7.55. The Kier molecular flexibility index (Phi) is 5.46. The molecule has 21 heavy (non-hydrogen) atoms. The number of hydrogen-bond donors (Lipinski definition) is 0. The van der Waals surface area contributed by atoms with Crippen molar-refractivity contribution in [2.24, 2.45) is 11.0 Å². The molecule has 0 bridgehead atoms. The fraction of sp³-hybridized carbons (Fsp3) is 0.533. The fourth-order valence-electron chi connectivity index (χ4n) is 2.41. The molecule has 1 aromatic carbocycles. The molecule has 0 radical (unpaired) electrons. The van der Waals surface area contributed by atoms with Gasteiger partial charge in [-0.1, -0.05) is 24.2 Å². The van der Waals surface area contributed by atoms with E-state index in [1.165, 1.54) is 0 Å². The molecule has 1 heterocycles. The SMILES string of the molecule is CCCOc1ccc(CN2CC(CN=[N+]=[N-])CC2=O)cc1. The first-order valence-electron chi connectivity index (χ1n) is 7.23. The Hall–Kier alpha value is -2.20. The van der Waals surface area contributed by atoms with E-state index < -0.39 is 0 Å². The van der Waals surface area contributed by atoms with E-state index in [1.807, 2.05) is 29.2 Å². The first-order valence-corrected chi connectivity index (χ1v) is 7.23. The molecular weight excluding hydrogens is 268 g/mol. The van der Waals surface area contributed by atoms with E-state index in [4.69, 9.17) is 10.3 Å². The molecule has 0 aliphatic carbocycles. The number of carbonyl (C=O) groups excluding carboxylic acids is 1. The van der Waals surface area contributed by atoms with Crippen molar-refractivity contribution in [3.05, 3.63) is 40.3 Å². The average molecular weight is 288 g/mol. The molecule has 1 aliphatic rings. The molecule has 1 fully saturated rings. The number of benzene rings is 1. The largest absolute Gasteiger partial charge is 0.494 e. The van der Waals surface area contributed by atoms with E-state index >= 15 is 0 Å². The Morgan fingerprint density at radius 2 is 2.19 bits per heavy atom. The summed E-state index contributed by atoms with van der Waals surface area (Å²) in [4.78, 5) is 16.5. The highest BCUT2D eigenvalue weighted by atomic mass is 16.5. The maximum Gasteiger partial charge on any atom is 0.223 e. The van der Waals surface area contributed by atoms with Crippen LogP contribution in [-0.4, -0.2) is 30.5 Å². The zero-order valence-corrected chi connectivity index (χ0v) is 12.2. The lowest BCUT2D eigenvalue weighted by Crippen LogP contribution is -2.24. The molecule has 1 amide bonds. The Morgan fingerprint density at radius 1 is 1.43 bits per heavy atom. The minimum Gasteiger partial charge on any atom is -0.494 e. The normalized spacial score (nSPS) is 17.7. The van der Waals surface area contributed by atoms with Crippen molar-refractivity contribution in [2.45, 2.75) is 26.3 Å². The van der Waals surface area contributed by atoms with Crippen molar-refractivity contribution < 1.29 is 9.53 Å². The molecule has 1 aliphatic heterocycles. The summed E-state index contributed by atoms with van der Waals surface area (Å²) in [5.74, 6) is 1.12. The molecule has 0 spiro atoms. The van der Waals surface area contributed by atoms with E-state index in [9.17, 15) is 4.79 Å². The summed E-state index contributed by atoms with van der Waals surface area (Å²) in [6.45, 7) is 4.43. The van der Waals surface area contributed by atoms with Crippen molar-refractivity contribution in [3.63, 3.8) is 0 Å². The third-order valence-corrected chi connectivity index (χ3v) is 3.47. The zero-order valence-electron chi connectivity index (χ0n) is 12.2. The van der Waals surface area contributed by atoms with Gasteiger partial charge in [-0.15, -0.1) is 0 Å². The number of nitrogens with zero attached hydrogens (tertiary/aromatic N) is 4. The maximum atomic E-state index is 11.9. The van der Waals surface area contributed by atoms with Crippen LogP contribution in [0.3, 0.4) is 0 Å². The average Bonchev–Trinajstić information content (AvgIpc) is 2.84. The Bertz CT molecular complexity index is 523. The second-order valence-electron chi connectivity index (χ2n) is 5.25. The maximum absolute atomic E-state index is 11.9. The Balaban J connectivity index is 1.89. The smallest absolute Gasteiger partial charge is 0.223 e. The van der Waals surface area contributed by atoms with Gasteiger partial charge in [-0.2, -0.15) is 0 Å². The minimum absolute atomic E-state index is 0.124. The van der Waals surface area contributed by atoms with E-state index in [0.29, 0.717) is 32.7 Å². The molecule has 0 N–H and O–H groups in total. The quantitative estimate of drug-likeness (QED) is 0.439. The molecule has 0 saturated carbocycles. The van der Waals surface area contributed by atoms with Crippen LogP contribution >= 0.6 is 0 Å². The van der Waals surface area contributed by atoms with Crippen molar-refractivity contribution in [3.8, 4) is 5.75 Å². The van der Waals surface area contributed by atoms with E-state index in [2.05, 4.69) is 16.9 Å². The number of hydrogen-bond acceptors (Lipinski definition) is 3. The van der Waals surface area contributed by atoms with Gasteiger partial charge in [-0.3, -0.25) is 4.79 Å². The first kappa shape index (κ1) is 15.2. The number of likely N-dealkylation sites (tertiary alicyclic amines) is 1. The van der Waals surface area contributed by atoms with Gasteiger partial charge in [0.2, 0.25) is 5.91 Å². The van der Waals surface area contributed by atoms with Crippen LogP contribution < -0.4 is 4.74 Å². The van der Waals surface area contributed by atoms with Crippen molar-refractivity contribution in [1.29, 1.82) is 0 Å². The van der Waals surface area contributed by atoms with E-state index in [-0.39, 0.29) is 11.8 Å². The lowest BCUT2D eigenvalue weighted by atomic mass is 10.1. The number of amides is 1. The van der Waals surface area contributed by atoms with Crippen LogP contribution in [0.4, 0.5) is 0 Å². The van der Waals surface area contributed by atoms with Crippen molar-refractivity contribution in [1.82, 2.24) is 4.90 Å². The van der Waals surface area contributed by atoms with Gasteiger partial charge in [0.05, 0.1) is 6.61 Å². The molecule has 1 atom stereocenters. The van der Waals surface area contributed by atoms with Gasteiger partial charge in [-0.25, -0.2) is 0 Å². The monoisotopic (exact) mass is 288 g/mol. The number of azide groups is 1. The third-order valence-electron chi connectivity index (χ3n) is 3.47. The molecule has 0 aromatic heterocycles. The first-order chi connectivity index (χ1) is 10.2. The van der Waals surface area contributed by atoms with E-state index in [0.717, 1.165) is 17.7 Å². The highest BCUT2D eigenvalue weighted by Crippen LogP contribution is 2.21. The Morgan fingerprint density at radius 3 is 2.86 bits per heavy atom. The second-order valence-corrected chi connectivity index (χ2v) is 5.25. The predicted octanol–water partition coefficient (Wildman–Crippen LogP) is 3.13. The standard InChI is InChI=1S/C15H20N4O2/c1-2-7-21-14-5-3-12(4-6-14)10-19-11-13(8-15(19)20)9-17-18-16/h3-6,13H,2,7-11H2,1H3. The third kappa shape index (κ3) is 4.39. The predicted molar refractivity (Wildman–Crippen MR) is 79.8 cm³/mol. The highest BCUT2D eigenvalue weighted by Gasteiger charge is 2.28. The molecule has 6 nitrogen and oxygen atoms in total. The summed E-state index contributed by atoms with van der Waals surface area (Å²) in [6.07, 6.45) is 1.45. The summed E-state index contributed by atoms with van der Waals surface area (Å²) >= 11 is 0. The molecule has 1 saturated heterocycles. The van der Waals surface area contributed by atoms with Crippen LogP contribution in [0.25, 0.3) is 10.4 Å². The topological polar surface area (TPSA) is 78.3 Å². The summed E-state index contributed by atoms with van der Waals surface area (Å²) in [6, 6.07) is 7.84. The molecule has 6 heteroatoms. The van der Waals surface area contributed by atoms with Crippen molar-refractivity contribution >= 4 is 5.91 Å². The van der Waals surface area contributed by atoms with Crippen LogP contribution in [0, 0.1) is 5.92 Å². The van der Waals surface area contributed by atoms with Crippen LogP contribution in [0.1, 0.15) is 25.3 Å². The molecule has 1 aromatic rings. The molecule has 112 valence electrons. The van der Waals surface area contributed by atoms with E-state index in [1.54, 1.807) is 0 Å². The van der Waals surface area contributed by atoms with Gasteiger partial charge >= 0.3 is 0 Å². The van der Waals surface area contributed by atoms with Crippen LogP contribution in [-0.2, 0) is 11.3 Å². The summed E-state index contributed by atoms with van der Waals surface area (Å²) in [5.41, 5.74) is 9.41. The summed E-state index contributed by atoms with van der Waals surface area (Å²) in [5, 5.41) is 3.55. The molecule has 1 unspecified atom stereocenters. The van der Waals surface area contributed by atoms with Gasteiger partial charge in [0.1, 0.15) is 5.75 Å². The number of rotatable bonds is 7. The number of carbonyl (C=O) groups is 1. The molecule has 2 rings (SSSR count). The fourth-order valence-corrected chi connectivity index (χ4v) is 2.41. The lowest BCUT2D eigenvalue weighted by molar-refractivity contribution is -0.128. The lowest BCUT2D eigenvalue weighted by Gasteiger charge is -2.16. The molecular formula is C15H20N4O2. The van der Waals surface area contributed by atoms with Gasteiger partial charge in [0, 0.05) is 31.0 Å². The van der Waals surface area contributed by atoms with Gasteiger partial charge < -0.3 is 9.64 Å². The van der Waals surface area contributed by atoms with Gasteiger partial charge in [-0.05, 0) is 35.6 Å². The summed E-state index contributed by atoms with van der Waals surface area (Å²) < 4.78 is 5.54. The van der Waals surface area contributed by atoms with Crippen LogP contribution in [0.2, 0.25) is 0 Å². The number of ether oxygens (including phenoxy) is 1. The van der Waals surface area contributed by atoms with Gasteiger partial charge in [0.25, 0.3) is 0 Å². The van der Waals surface area contributed by atoms with Crippen LogP contribution in [0.15, 0.2) is 29.4 Å². The highest BCUT2D eigenvalue weighted by molar-refractivity contribution is 5.78. The Labute approximate surface area is 124 Å². The minimum atomic E-state index is 0.124. The zero-order chi connectivity index (χ0) is 15.1. The van der Waals surface area contributed by atoms with Crippen LogP contribution in [0.5, 0.6) is 5.75 Å². The van der Waals surface area contributed by atoms with Crippen molar-refractivity contribution in [2.75, 3.05) is 19.7 Å². The van der Waals surface area contributed by atoms with Gasteiger partial charge in [0.15, 0.2) is 0 Å². The summed E-state index contributed by atoms with van der Waals surface area (Å²) in [7, 11) is 0.